The molecule has 0 atom stereocenters. The number of aryl methyl sites for hydroxylation is 1. The molecule has 6 nitrogen and oxygen atoms in total. The normalized spacial score (nSPS) is 10.8. The lowest BCUT2D eigenvalue weighted by Crippen LogP contribution is -2.39. The maximum absolute atomic E-state index is 11.8. The van der Waals surface area contributed by atoms with Gasteiger partial charge in [-0.3, -0.25) is 9.36 Å². The van der Waals surface area contributed by atoms with Gasteiger partial charge in [0.2, 0.25) is 0 Å². The highest BCUT2D eigenvalue weighted by atomic mass is 16.3. The lowest BCUT2D eigenvalue weighted by atomic mass is 10.3. The van der Waals surface area contributed by atoms with Gasteiger partial charge in [-0.25, -0.2) is 4.79 Å². The predicted molar refractivity (Wildman–Crippen MR) is 66.2 cm³/mol. The lowest BCUT2D eigenvalue weighted by molar-refractivity contribution is 0.559. The monoisotopic (exact) mass is 249 g/mol. The first-order valence-electron chi connectivity index (χ1n) is 5.57. The first-order chi connectivity index (χ1) is 8.59. The van der Waals surface area contributed by atoms with Gasteiger partial charge in [-0.1, -0.05) is 0 Å². The molecule has 0 amide bonds. The molecular weight excluding hydrogens is 234 g/mol. The van der Waals surface area contributed by atoms with Crippen molar-refractivity contribution in [3.8, 4) is 0 Å². The molecule has 0 radical (unpaired) electrons. The molecule has 18 heavy (non-hydrogen) atoms. The van der Waals surface area contributed by atoms with Crippen molar-refractivity contribution in [1.29, 1.82) is 0 Å². The minimum absolute atomic E-state index is 0.266. The van der Waals surface area contributed by atoms with E-state index < -0.39 is 0 Å². The van der Waals surface area contributed by atoms with Gasteiger partial charge in [0.15, 0.2) is 0 Å². The molecule has 1 N–H and O–H groups in total. The summed E-state index contributed by atoms with van der Waals surface area (Å²) in [4.78, 5) is 23.3. The Morgan fingerprint density at radius 3 is 2.72 bits per heavy atom. The van der Waals surface area contributed by atoms with Gasteiger partial charge in [-0.2, -0.15) is 0 Å². The van der Waals surface area contributed by atoms with Crippen molar-refractivity contribution in [1.82, 2.24) is 14.5 Å². The summed E-state index contributed by atoms with van der Waals surface area (Å²) in [6.45, 7) is 1.02. The van der Waals surface area contributed by atoms with E-state index in [0.29, 0.717) is 18.7 Å². The van der Waals surface area contributed by atoms with Crippen molar-refractivity contribution >= 4 is 0 Å². The van der Waals surface area contributed by atoms with Crippen molar-refractivity contribution in [2.75, 3.05) is 0 Å². The molecule has 6 heteroatoms. The standard InChI is InChI=1S/C12H15N3O3/c1-14-7-10(11(16)15(2)12(14)17)6-13-5-9-3-4-18-8-9/h3-4,7-8,13H,5-6H2,1-2H3. The number of hydrogen-bond acceptors (Lipinski definition) is 4. The molecule has 0 saturated carbocycles. The number of nitrogens with one attached hydrogen (secondary N) is 1. The van der Waals surface area contributed by atoms with Crippen molar-refractivity contribution in [2.24, 2.45) is 14.1 Å². The van der Waals surface area contributed by atoms with Crippen LogP contribution in [0.3, 0.4) is 0 Å². The minimum Gasteiger partial charge on any atom is -0.472 e. The number of rotatable bonds is 4. The number of furan rings is 1. The van der Waals surface area contributed by atoms with Gasteiger partial charge in [-0.15, -0.1) is 0 Å². The van der Waals surface area contributed by atoms with E-state index in [1.165, 1.54) is 11.6 Å². The second kappa shape index (κ2) is 5.05. The van der Waals surface area contributed by atoms with E-state index in [9.17, 15) is 9.59 Å². The lowest BCUT2D eigenvalue weighted by Gasteiger charge is -2.07. The van der Waals surface area contributed by atoms with Crippen molar-refractivity contribution in [2.45, 2.75) is 13.1 Å². The van der Waals surface area contributed by atoms with E-state index in [2.05, 4.69) is 5.32 Å². The third-order valence-electron chi connectivity index (χ3n) is 2.74. The van der Waals surface area contributed by atoms with E-state index in [1.54, 1.807) is 25.8 Å². The summed E-state index contributed by atoms with van der Waals surface area (Å²) in [6, 6.07) is 1.85. The summed E-state index contributed by atoms with van der Waals surface area (Å²) < 4.78 is 7.45. The van der Waals surface area contributed by atoms with Gasteiger partial charge >= 0.3 is 5.69 Å². The zero-order valence-electron chi connectivity index (χ0n) is 10.3. The fraction of sp³-hybridized carbons (Fsp3) is 0.333. The molecule has 0 aliphatic carbocycles. The molecule has 2 rings (SSSR count). The molecule has 96 valence electrons. The Bertz CT molecular complexity index is 638. The Kier molecular flexibility index (Phi) is 3.47. The molecule has 0 aliphatic heterocycles. The Morgan fingerprint density at radius 1 is 1.28 bits per heavy atom. The van der Waals surface area contributed by atoms with Gasteiger partial charge in [0.1, 0.15) is 0 Å². The topological polar surface area (TPSA) is 69.2 Å². The zero-order valence-corrected chi connectivity index (χ0v) is 10.3. The number of nitrogens with zero attached hydrogens (tertiary/aromatic N) is 2. The third kappa shape index (κ3) is 2.43. The second-order valence-corrected chi connectivity index (χ2v) is 4.15. The first-order valence-corrected chi connectivity index (χ1v) is 5.57. The van der Waals surface area contributed by atoms with E-state index in [-0.39, 0.29) is 11.2 Å². The van der Waals surface area contributed by atoms with Gasteiger partial charge in [0.25, 0.3) is 5.56 Å². The van der Waals surface area contributed by atoms with Gasteiger partial charge in [0.05, 0.1) is 12.5 Å². The Morgan fingerprint density at radius 2 is 2.06 bits per heavy atom. The number of hydrogen-bond donors (Lipinski definition) is 1. The molecule has 0 aromatic carbocycles. The smallest absolute Gasteiger partial charge is 0.330 e. The van der Waals surface area contributed by atoms with E-state index in [1.807, 2.05) is 6.07 Å². The minimum atomic E-state index is -0.321. The van der Waals surface area contributed by atoms with Crippen LogP contribution in [0.2, 0.25) is 0 Å². The van der Waals surface area contributed by atoms with Crippen LogP contribution in [0.4, 0.5) is 0 Å². The first kappa shape index (κ1) is 12.4. The Hall–Kier alpha value is -2.08. The molecular formula is C12H15N3O3. The highest BCUT2D eigenvalue weighted by Crippen LogP contribution is 1.99. The molecule has 2 aromatic rings. The molecule has 0 unspecified atom stereocenters. The van der Waals surface area contributed by atoms with Gasteiger partial charge < -0.3 is 14.3 Å². The highest BCUT2D eigenvalue weighted by Gasteiger charge is 2.06. The average molecular weight is 249 g/mol. The fourth-order valence-corrected chi connectivity index (χ4v) is 1.74. The van der Waals surface area contributed by atoms with E-state index >= 15 is 0 Å². The molecule has 2 heterocycles. The van der Waals surface area contributed by atoms with Crippen molar-refractivity contribution < 1.29 is 4.42 Å². The van der Waals surface area contributed by atoms with Gasteiger partial charge in [-0.05, 0) is 6.07 Å². The number of aromatic nitrogens is 2. The Balaban J connectivity index is 2.10. The fourth-order valence-electron chi connectivity index (χ4n) is 1.74. The summed E-state index contributed by atoms with van der Waals surface area (Å²) in [6.07, 6.45) is 4.81. The molecule has 2 aromatic heterocycles. The maximum Gasteiger partial charge on any atom is 0.330 e. The highest BCUT2D eigenvalue weighted by molar-refractivity contribution is 5.07. The van der Waals surface area contributed by atoms with E-state index in [0.717, 1.165) is 10.1 Å². The molecule has 0 spiro atoms. The van der Waals surface area contributed by atoms with Crippen LogP contribution in [0, 0.1) is 0 Å². The summed E-state index contributed by atoms with van der Waals surface area (Å²) >= 11 is 0. The molecule has 0 aliphatic rings. The maximum atomic E-state index is 11.8. The largest absolute Gasteiger partial charge is 0.472 e. The quantitative estimate of drug-likeness (QED) is 0.826. The molecule has 0 bridgehead atoms. The summed E-state index contributed by atoms with van der Waals surface area (Å²) in [7, 11) is 3.10. The van der Waals surface area contributed by atoms with Crippen molar-refractivity contribution in [3.05, 3.63) is 56.8 Å². The second-order valence-electron chi connectivity index (χ2n) is 4.15. The SMILES string of the molecule is Cn1cc(CNCc2ccoc2)c(=O)n(C)c1=O. The molecule has 0 fully saturated rings. The summed E-state index contributed by atoms with van der Waals surface area (Å²) in [5.74, 6) is 0. The van der Waals surface area contributed by atoms with Crippen LogP contribution < -0.4 is 16.6 Å². The van der Waals surface area contributed by atoms with Gasteiger partial charge in [0, 0.05) is 44.5 Å². The average Bonchev–Trinajstić information content (AvgIpc) is 2.86. The van der Waals surface area contributed by atoms with Crippen LogP contribution in [0.15, 0.2) is 38.8 Å². The van der Waals surface area contributed by atoms with Crippen LogP contribution in [0.25, 0.3) is 0 Å². The van der Waals surface area contributed by atoms with Crippen LogP contribution in [0.1, 0.15) is 11.1 Å². The van der Waals surface area contributed by atoms with Crippen LogP contribution in [-0.4, -0.2) is 9.13 Å². The predicted octanol–water partition coefficient (Wildman–Crippen LogP) is -0.0332. The third-order valence-corrected chi connectivity index (χ3v) is 2.74. The van der Waals surface area contributed by atoms with E-state index in [4.69, 9.17) is 4.42 Å². The van der Waals surface area contributed by atoms with Crippen LogP contribution in [0.5, 0.6) is 0 Å². The summed E-state index contributed by atoms with van der Waals surface area (Å²) in [5, 5.41) is 3.13. The summed E-state index contributed by atoms with van der Waals surface area (Å²) in [5.41, 5.74) is 0.983. The Labute approximate surface area is 103 Å². The van der Waals surface area contributed by atoms with Crippen LogP contribution >= 0.6 is 0 Å². The molecule has 0 saturated heterocycles. The zero-order chi connectivity index (χ0) is 13.1. The van der Waals surface area contributed by atoms with Crippen LogP contribution in [-0.2, 0) is 27.2 Å². The van der Waals surface area contributed by atoms with Crippen molar-refractivity contribution in [3.63, 3.8) is 0 Å².